The lowest BCUT2D eigenvalue weighted by Crippen LogP contribution is -2.37. The average Bonchev–Trinajstić information content (AvgIpc) is 2.97. The van der Waals surface area contributed by atoms with Gasteiger partial charge in [0, 0.05) is 19.2 Å². The Labute approximate surface area is 115 Å². The first-order chi connectivity index (χ1) is 9.35. The molecule has 19 heavy (non-hydrogen) atoms. The molecule has 1 aliphatic carbocycles. The van der Waals surface area contributed by atoms with E-state index in [0.717, 1.165) is 31.9 Å². The molecule has 0 bridgehead atoms. The van der Waals surface area contributed by atoms with Crippen molar-refractivity contribution in [3.8, 4) is 5.75 Å². The predicted molar refractivity (Wildman–Crippen MR) is 75.7 cm³/mol. The van der Waals surface area contributed by atoms with Crippen molar-refractivity contribution in [1.29, 1.82) is 0 Å². The Bertz CT molecular complexity index is 427. The molecule has 0 saturated carbocycles. The topological polar surface area (TPSA) is 30.5 Å². The number of fused-ring (bicyclic) bond motifs is 1. The van der Waals surface area contributed by atoms with Gasteiger partial charge >= 0.3 is 0 Å². The van der Waals surface area contributed by atoms with E-state index in [2.05, 4.69) is 23.5 Å². The lowest BCUT2D eigenvalue weighted by molar-refractivity contribution is 0.184. The molecule has 1 aromatic carbocycles. The van der Waals surface area contributed by atoms with Crippen molar-refractivity contribution >= 4 is 0 Å². The van der Waals surface area contributed by atoms with Gasteiger partial charge in [-0.1, -0.05) is 6.07 Å². The highest BCUT2D eigenvalue weighted by molar-refractivity contribution is 5.37. The number of methoxy groups -OCH3 is 1. The van der Waals surface area contributed by atoms with Gasteiger partial charge in [0.05, 0.1) is 13.7 Å². The van der Waals surface area contributed by atoms with E-state index in [1.807, 2.05) is 0 Å². The molecule has 1 saturated heterocycles. The summed E-state index contributed by atoms with van der Waals surface area (Å²) in [6, 6.07) is 7.10. The second-order valence-corrected chi connectivity index (χ2v) is 5.71. The molecular weight excluding hydrogens is 238 g/mol. The fourth-order valence-electron chi connectivity index (χ4n) is 3.11. The summed E-state index contributed by atoms with van der Waals surface area (Å²) in [5.41, 5.74) is 2.94. The minimum absolute atomic E-state index is 0.611. The zero-order valence-corrected chi connectivity index (χ0v) is 11.7. The monoisotopic (exact) mass is 261 g/mol. The molecule has 0 spiro atoms. The molecule has 1 aliphatic heterocycles. The third kappa shape index (κ3) is 3.10. The third-order valence-electron chi connectivity index (χ3n) is 4.36. The number of ether oxygens (including phenoxy) is 2. The number of hydrogen-bond acceptors (Lipinski definition) is 3. The van der Waals surface area contributed by atoms with E-state index in [1.54, 1.807) is 7.11 Å². The van der Waals surface area contributed by atoms with Gasteiger partial charge < -0.3 is 14.8 Å². The van der Waals surface area contributed by atoms with Gasteiger partial charge in [-0.25, -0.2) is 0 Å². The second kappa shape index (κ2) is 5.93. The molecule has 104 valence electrons. The van der Waals surface area contributed by atoms with Crippen LogP contribution in [0.5, 0.6) is 5.75 Å². The van der Waals surface area contributed by atoms with Gasteiger partial charge in [-0.3, -0.25) is 0 Å². The summed E-state index contributed by atoms with van der Waals surface area (Å²) in [5.74, 6) is 1.69. The molecule has 3 rings (SSSR count). The molecule has 2 aliphatic rings. The van der Waals surface area contributed by atoms with Crippen molar-refractivity contribution in [3.05, 3.63) is 29.3 Å². The van der Waals surface area contributed by atoms with E-state index in [4.69, 9.17) is 9.47 Å². The van der Waals surface area contributed by atoms with E-state index in [9.17, 15) is 0 Å². The molecular formula is C16H23NO2. The van der Waals surface area contributed by atoms with Crippen LogP contribution in [0.25, 0.3) is 0 Å². The van der Waals surface area contributed by atoms with Gasteiger partial charge in [0.2, 0.25) is 0 Å². The molecule has 0 amide bonds. The van der Waals surface area contributed by atoms with Crippen molar-refractivity contribution in [1.82, 2.24) is 5.32 Å². The predicted octanol–water partition coefficient (Wildman–Crippen LogP) is 2.18. The van der Waals surface area contributed by atoms with E-state index >= 15 is 0 Å². The largest absolute Gasteiger partial charge is 0.497 e. The van der Waals surface area contributed by atoms with Crippen molar-refractivity contribution < 1.29 is 9.47 Å². The molecule has 1 N–H and O–H groups in total. The Kier molecular flexibility index (Phi) is 4.04. The SMILES string of the molecule is COc1ccc2c(c1)CC(NCC1CCOC1)CC2. The lowest BCUT2D eigenvalue weighted by Gasteiger charge is -2.27. The van der Waals surface area contributed by atoms with Crippen LogP contribution in [-0.2, 0) is 17.6 Å². The maximum absolute atomic E-state index is 5.43. The Morgan fingerprint density at radius 2 is 2.26 bits per heavy atom. The lowest BCUT2D eigenvalue weighted by atomic mass is 9.88. The van der Waals surface area contributed by atoms with Crippen LogP contribution < -0.4 is 10.1 Å². The minimum atomic E-state index is 0.611. The van der Waals surface area contributed by atoms with Crippen molar-refractivity contribution in [2.24, 2.45) is 5.92 Å². The fraction of sp³-hybridized carbons (Fsp3) is 0.625. The minimum Gasteiger partial charge on any atom is -0.497 e. The summed E-state index contributed by atoms with van der Waals surface area (Å²) < 4.78 is 10.7. The highest BCUT2D eigenvalue weighted by Crippen LogP contribution is 2.25. The maximum Gasteiger partial charge on any atom is 0.119 e. The Morgan fingerprint density at radius 1 is 1.32 bits per heavy atom. The van der Waals surface area contributed by atoms with E-state index in [-0.39, 0.29) is 0 Å². The number of hydrogen-bond donors (Lipinski definition) is 1. The van der Waals surface area contributed by atoms with Crippen LogP contribution in [0.2, 0.25) is 0 Å². The number of nitrogens with one attached hydrogen (secondary N) is 1. The van der Waals surface area contributed by atoms with E-state index < -0.39 is 0 Å². The summed E-state index contributed by atoms with van der Waals surface area (Å²) in [6.45, 7) is 2.98. The first kappa shape index (κ1) is 12.9. The maximum atomic E-state index is 5.43. The third-order valence-corrected chi connectivity index (χ3v) is 4.36. The van der Waals surface area contributed by atoms with Gasteiger partial charge in [-0.15, -0.1) is 0 Å². The van der Waals surface area contributed by atoms with Crippen molar-refractivity contribution in [2.45, 2.75) is 31.7 Å². The quantitative estimate of drug-likeness (QED) is 0.901. The number of aryl methyl sites for hydroxylation is 1. The standard InChI is InChI=1S/C16H23NO2/c1-18-16-5-3-13-2-4-15(8-14(13)9-16)17-10-12-6-7-19-11-12/h3,5,9,12,15,17H,2,4,6-8,10-11H2,1H3. The van der Waals surface area contributed by atoms with Crippen LogP contribution in [-0.4, -0.2) is 32.9 Å². The first-order valence-electron chi connectivity index (χ1n) is 7.32. The van der Waals surface area contributed by atoms with Gasteiger partial charge in [-0.2, -0.15) is 0 Å². The molecule has 3 heteroatoms. The first-order valence-corrected chi connectivity index (χ1v) is 7.32. The van der Waals surface area contributed by atoms with Crippen molar-refractivity contribution in [2.75, 3.05) is 26.9 Å². The summed E-state index contributed by atoms with van der Waals surface area (Å²) in [4.78, 5) is 0. The van der Waals surface area contributed by atoms with Crippen LogP contribution in [0.3, 0.4) is 0 Å². The average molecular weight is 261 g/mol. The van der Waals surface area contributed by atoms with Crippen LogP contribution in [0.15, 0.2) is 18.2 Å². The molecule has 2 atom stereocenters. The highest BCUT2D eigenvalue weighted by atomic mass is 16.5. The van der Waals surface area contributed by atoms with Crippen molar-refractivity contribution in [3.63, 3.8) is 0 Å². The molecule has 2 unspecified atom stereocenters. The number of rotatable bonds is 4. The van der Waals surface area contributed by atoms with Gasteiger partial charge in [0.1, 0.15) is 5.75 Å². The molecule has 0 radical (unpaired) electrons. The van der Waals surface area contributed by atoms with Crippen LogP contribution in [0, 0.1) is 5.92 Å². The summed E-state index contributed by atoms with van der Waals surface area (Å²) >= 11 is 0. The summed E-state index contributed by atoms with van der Waals surface area (Å²) in [6.07, 6.45) is 4.76. The Hall–Kier alpha value is -1.06. The van der Waals surface area contributed by atoms with Crippen LogP contribution in [0.1, 0.15) is 24.0 Å². The molecule has 1 fully saturated rings. The Balaban J connectivity index is 1.57. The summed E-state index contributed by atoms with van der Waals surface area (Å²) in [5, 5.41) is 3.72. The van der Waals surface area contributed by atoms with Gasteiger partial charge in [-0.05, 0) is 54.9 Å². The van der Waals surface area contributed by atoms with Gasteiger partial charge in [0.25, 0.3) is 0 Å². The molecule has 3 nitrogen and oxygen atoms in total. The van der Waals surface area contributed by atoms with E-state index in [0.29, 0.717) is 12.0 Å². The number of benzene rings is 1. The molecule has 1 heterocycles. The van der Waals surface area contributed by atoms with E-state index in [1.165, 1.54) is 30.4 Å². The second-order valence-electron chi connectivity index (χ2n) is 5.71. The summed E-state index contributed by atoms with van der Waals surface area (Å²) in [7, 11) is 1.74. The fourth-order valence-corrected chi connectivity index (χ4v) is 3.11. The molecule has 1 aromatic rings. The normalized spacial score (nSPS) is 26.2. The molecule has 0 aromatic heterocycles. The van der Waals surface area contributed by atoms with Crippen LogP contribution in [0.4, 0.5) is 0 Å². The Morgan fingerprint density at radius 3 is 3.05 bits per heavy atom. The highest BCUT2D eigenvalue weighted by Gasteiger charge is 2.21. The van der Waals surface area contributed by atoms with Gasteiger partial charge in [0.15, 0.2) is 0 Å². The zero-order chi connectivity index (χ0) is 13.1. The smallest absolute Gasteiger partial charge is 0.119 e. The van der Waals surface area contributed by atoms with Crippen LogP contribution >= 0.6 is 0 Å². The zero-order valence-electron chi connectivity index (χ0n) is 11.7.